The molecule has 1 fully saturated rings. The van der Waals surface area contributed by atoms with Gasteiger partial charge in [0.15, 0.2) is 0 Å². The number of imidazole rings is 1. The van der Waals surface area contributed by atoms with Crippen molar-refractivity contribution in [1.29, 1.82) is 0 Å². The van der Waals surface area contributed by atoms with E-state index in [0.717, 1.165) is 37.8 Å². The number of H-pyrrole nitrogens is 1. The first-order valence-corrected chi connectivity index (χ1v) is 27.0. The van der Waals surface area contributed by atoms with Crippen LogP contribution in [0.15, 0.2) is 12.5 Å². The molecule has 2 rings (SSSR count). The standard InChI is InChI=1S/C53H89N5O13.H2/c59-45(22-19-35-70-36-37-71-40-49(62)55-31-18-17-20-43(52(66)67)38-47(61)25-24-44-39-54-41-56-44)26-27-48(53(68)69)57-51(65)42-28-32-58(33-29-42)34-30-46(60)21-15-13-11-9-7-5-3-1-2-4-6-8-10-12-14-16-23-50(63)64;/h39,41-43,48H,1-38,40H2,(H,54,56)(H,55,62)(H,57,65)(H,63,64)(H,66,67)(H,68,69);1H/t43-,48+;/m1./s1. The number of likely N-dealkylation sites (tertiary alicyclic amines) is 1. The van der Waals surface area contributed by atoms with Crippen LogP contribution in [0.3, 0.4) is 0 Å². The molecule has 71 heavy (non-hydrogen) atoms. The fourth-order valence-corrected chi connectivity index (χ4v) is 8.81. The second-order valence-corrected chi connectivity index (χ2v) is 19.4. The Bertz CT molecular complexity index is 1660. The molecule has 2 atom stereocenters. The summed E-state index contributed by atoms with van der Waals surface area (Å²) in [6.07, 6.45) is 27.4. The maximum atomic E-state index is 13.0. The minimum Gasteiger partial charge on any atom is -0.481 e. The third kappa shape index (κ3) is 34.5. The first-order chi connectivity index (χ1) is 34.3. The first-order valence-electron chi connectivity index (χ1n) is 27.0. The number of hydrogen-bond acceptors (Lipinski definition) is 12. The highest BCUT2D eigenvalue weighted by Gasteiger charge is 2.29. The fraction of sp³-hybridized carbons (Fsp3) is 0.792. The average molecular weight is 1010 g/mol. The third-order valence-electron chi connectivity index (χ3n) is 13.3. The predicted octanol–water partition coefficient (Wildman–Crippen LogP) is 8.04. The van der Waals surface area contributed by atoms with E-state index in [9.17, 15) is 48.6 Å². The number of ether oxygens (including phenoxy) is 2. The quantitative estimate of drug-likeness (QED) is 0.0337. The van der Waals surface area contributed by atoms with Gasteiger partial charge in [-0.3, -0.25) is 33.6 Å². The highest BCUT2D eigenvalue weighted by atomic mass is 16.5. The van der Waals surface area contributed by atoms with Crippen molar-refractivity contribution >= 4 is 47.1 Å². The van der Waals surface area contributed by atoms with Gasteiger partial charge < -0.3 is 45.3 Å². The van der Waals surface area contributed by atoms with Gasteiger partial charge >= 0.3 is 17.9 Å². The lowest BCUT2D eigenvalue weighted by atomic mass is 9.94. The highest BCUT2D eigenvalue weighted by Crippen LogP contribution is 2.20. The number of nitrogens with one attached hydrogen (secondary N) is 3. The Labute approximate surface area is 423 Å². The number of carbonyl (C=O) groups is 8. The van der Waals surface area contributed by atoms with Gasteiger partial charge in [0.25, 0.3) is 0 Å². The van der Waals surface area contributed by atoms with Gasteiger partial charge in [0.1, 0.15) is 30.0 Å². The molecule has 6 N–H and O–H groups in total. The molecule has 0 spiro atoms. The Morgan fingerprint density at radius 1 is 0.634 bits per heavy atom. The number of aliphatic carboxylic acids is 3. The van der Waals surface area contributed by atoms with Gasteiger partial charge in [-0.05, 0) is 70.9 Å². The SMILES string of the molecule is O=C(O)CCCCCCCCCCCCCCCCCCC(=O)CCN1CCC(C(=O)N[C@@H](CCC(=O)CCCOCCOCC(=O)NCCCC[C@H](CC(=O)CCc2cnc[nH]2)C(=O)O)C(=O)O)CC1.[HH]. The molecular formula is C53H91N5O13. The van der Waals surface area contributed by atoms with Gasteiger partial charge in [0, 0.05) is 83.9 Å². The summed E-state index contributed by atoms with van der Waals surface area (Å²) in [5.74, 6) is -4.55. The van der Waals surface area contributed by atoms with Gasteiger partial charge in [0.05, 0.1) is 25.5 Å². The summed E-state index contributed by atoms with van der Waals surface area (Å²) in [5, 5.41) is 33.3. The largest absolute Gasteiger partial charge is 0.481 e. The third-order valence-corrected chi connectivity index (χ3v) is 13.3. The summed E-state index contributed by atoms with van der Waals surface area (Å²) in [6.45, 7) is 2.87. The summed E-state index contributed by atoms with van der Waals surface area (Å²) in [4.78, 5) is 105. The van der Waals surface area contributed by atoms with Crippen molar-refractivity contribution in [3.8, 4) is 0 Å². The van der Waals surface area contributed by atoms with E-state index in [1.54, 1.807) is 6.20 Å². The second-order valence-electron chi connectivity index (χ2n) is 19.4. The molecule has 1 aromatic heterocycles. The Balaban J connectivity index is 0.0000259. The van der Waals surface area contributed by atoms with E-state index in [4.69, 9.17) is 14.6 Å². The Morgan fingerprint density at radius 2 is 1.21 bits per heavy atom. The van der Waals surface area contributed by atoms with Crippen molar-refractivity contribution in [1.82, 2.24) is 25.5 Å². The molecule has 2 amide bonds. The zero-order chi connectivity index (χ0) is 51.7. The minimum atomic E-state index is -1.18. The zero-order valence-corrected chi connectivity index (χ0v) is 42.8. The van der Waals surface area contributed by atoms with Crippen LogP contribution in [-0.2, 0) is 54.3 Å². The van der Waals surface area contributed by atoms with Crippen LogP contribution in [0.25, 0.3) is 0 Å². The number of carbonyl (C=O) groups excluding carboxylic acids is 5. The molecule has 18 nitrogen and oxygen atoms in total. The summed E-state index contributed by atoms with van der Waals surface area (Å²) in [7, 11) is 0. The average Bonchev–Trinajstić information content (AvgIpc) is 3.87. The molecule has 1 aromatic rings. The maximum Gasteiger partial charge on any atom is 0.326 e. The molecule has 406 valence electrons. The van der Waals surface area contributed by atoms with Crippen LogP contribution in [0.1, 0.15) is 200 Å². The van der Waals surface area contributed by atoms with Gasteiger partial charge in [-0.15, -0.1) is 0 Å². The fourth-order valence-electron chi connectivity index (χ4n) is 8.81. The lowest BCUT2D eigenvalue weighted by Crippen LogP contribution is -2.47. The number of hydrogen-bond donors (Lipinski definition) is 6. The topological polar surface area (TPSA) is 272 Å². The van der Waals surface area contributed by atoms with Crippen molar-refractivity contribution in [3.63, 3.8) is 0 Å². The number of unbranched alkanes of at least 4 members (excludes halogenated alkanes) is 16. The van der Waals surface area contributed by atoms with Crippen molar-refractivity contribution < 1.29 is 64.6 Å². The molecule has 0 aromatic carbocycles. The van der Waals surface area contributed by atoms with Crippen molar-refractivity contribution in [2.24, 2.45) is 11.8 Å². The van der Waals surface area contributed by atoms with Crippen LogP contribution in [-0.4, -0.2) is 136 Å². The van der Waals surface area contributed by atoms with Crippen molar-refractivity contribution in [2.45, 2.75) is 205 Å². The Morgan fingerprint density at radius 3 is 1.79 bits per heavy atom. The van der Waals surface area contributed by atoms with E-state index in [2.05, 4.69) is 25.5 Å². The minimum absolute atomic E-state index is 0. The van der Waals surface area contributed by atoms with E-state index >= 15 is 0 Å². The summed E-state index contributed by atoms with van der Waals surface area (Å²) in [6, 6.07) is -1.16. The Kier molecular flexibility index (Phi) is 36.1. The Hall–Kier alpha value is -4.55. The van der Waals surface area contributed by atoms with E-state index in [-0.39, 0.29) is 95.0 Å². The molecule has 1 aliphatic rings. The van der Waals surface area contributed by atoms with E-state index < -0.39 is 29.9 Å². The van der Waals surface area contributed by atoms with Crippen LogP contribution < -0.4 is 10.6 Å². The van der Waals surface area contributed by atoms with Crippen LogP contribution in [0.2, 0.25) is 0 Å². The van der Waals surface area contributed by atoms with Crippen LogP contribution >= 0.6 is 0 Å². The van der Waals surface area contributed by atoms with Gasteiger partial charge in [-0.1, -0.05) is 96.3 Å². The van der Waals surface area contributed by atoms with Gasteiger partial charge in [-0.25, -0.2) is 9.78 Å². The summed E-state index contributed by atoms with van der Waals surface area (Å²) in [5.41, 5.74) is 0.823. The zero-order valence-electron chi connectivity index (χ0n) is 42.8. The monoisotopic (exact) mass is 1010 g/mol. The number of nitrogens with zero attached hydrogens (tertiary/aromatic N) is 2. The summed E-state index contributed by atoms with van der Waals surface area (Å²) < 4.78 is 10.8. The van der Waals surface area contributed by atoms with Crippen molar-refractivity contribution in [3.05, 3.63) is 18.2 Å². The number of piperidine rings is 1. The molecule has 18 heteroatoms. The van der Waals surface area contributed by atoms with E-state index in [1.807, 2.05) is 0 Å². The molecule has 2 heterocycles. The molecule has 1 saturated heterocycles. The van der Waals surface area contributed by atoms with Gasteiger partial charge in [0.2, 0.25) is 11.8 Å². The van der Waals surface area contributed by atoms with Crippen LogP contribution in [0, 0.1) is 11.8 Å². The number of rotatable bonds is 48. The lowest BCUT2D eigenvalue weighted by Gasteiger charge is -2.31. The van der Waals surface area contributed by atoms with E-state index in [1.165, 1.54) is 77.0 Å². The van der Waals surface area contributed by atoms with Crippen LogP contribution in [0.4, 0.5) is 0 Å². The van der Waals surface area contributed by atoms with Crippen LogP contribution in [0.5, 0.6) is 0 Å². The molecular weight excluding hydrogens is 915 g/mol. The maximum absolute atomic E-state index is 13.0. The highest BCUT2D eigenvalue weighted by molar-refractivity contribution is 5.86. The number of aryl methyl sites for hydroxylation is 1. The van der Waals surface area contributed by atoms with E-state index in [0.29, 0.717) is 90.4 Å². The van der Waals surface area contributed by atoms with Crippen molar-refractivity contribution in [2.75, 3.05) is 52.6 Å². The molecule has 0 radical (unpaired) electrons. The lowest BCUT2D eigenvalue weighted by molar-refractivity contribution is -0.144. The molecule has 0 unspecified atom stereocenters. The number of carboxylic acid groups (broad SMARTS) is 3. The second kappa shape index (κ2) is 41.0. The number of aromatic nitrogens is 2. The number of aromatic amines is 1. The number of carboxylic acids is 3. The number of Topliss-reactive ketones (excluding diaryl/α,β-unsaturated/α-hetero) is 3. The molecule has 1 aliphatic heterocycles. The predicted molar refractivity (Wildman–Crippen MR) is 271 cm³/mol. The number of amides is 2. The first kappa shape index (κ1) is 62.6. The normalized spacial score (nSPS) is 13.9. The van der Waals surface area contributed by atoms with Gasteiger partial charge in [-0.2, -0.15) is 0 Å². The number of ketones is 3. The molecule has 0 aliphatic carbocycles. The molecule has 0 saturated carbocycles. The smallest absolute Gasteiger partial charge is 0.326 e. The molecule has 0 bridgehead atoms. The summed E-state index contributed by atoms with van der Waals surface area (Å²) >= 11 is 0.